The second-order valence-electron chi connectivity index (χ2n) is 5.92. The van der Waals surface area contributed by atoms with Gasteiger partial charge in [0.25, 0.3) is 0 Å². The molecule has 4 aromatic rings. The number of carboxylic acids is 1. The van der Waals surface area contributed by atoms with Crippen molar-refractivity contribution in [3.8, 4) is 17.1 Å². The summed E-state index contributed by atoms with van der Waals surface area (Å²) in [6, 6.07) is 22.3. The molecular formula is C21H16N2O3. The molecule has 5 heteroatoms. The molecule has 4 rings (SSSR count). The van der Waals surface area contributed by atoms with E-state index in [0.29, 0.717) is 12.4 Å². The number of hydrogen-bond acceptors (Lipinski definition) is 3. The van der Waals surface area contributed by atoms with Gasteiger partial charge in [-0.3, -0.25) is 0 Å². The second-order valence-corrected chi connectivity index (χ2v) is 5.92. The van der Waals surface area contributed by atoms with Crippen molar-refractivity contribution >= 4 is 17.0 Å². The van der Waals surface area contributed by atoms with Crippen molar-refractivity contribution in [3.63, 3.8) is 0 Å². The third kappa shape index (κ3) is 3.28. The van der Waals surface area contributed by atoms with Crippen molar-refractivity contribution in [1.82, 2.24) is 9.97 Å². The minimum Gasteiger partial charge on any atom is -0.489 e. The van der Waals surface area contributed by atoms with Gasteiger partial charge in [0.2, 0.25) is 0 Å². The third-order valence-corrected chi connectivity index (χ3v) is 4.11. The van der Waals surface area contributed by atoms with E-state index in [1.165, 1.54) is 0 Å². The molecule has 2 N–H and O–H groups in total. The average molecular weight is 344 g/mol. The quantitative estimate of drug-likeness (QED) is 0.559. The molecule has 1 heterocycles. The maximum Gasteiger partial charge on any atom is 0.335 e. The highest BCUT2D eigenvalue weighted by Crippen LogP contribution is 2.24. The van der Waals surface area contributed by atoms with Crippen molar-refractivity contribution in [2.45, 2.75) is 6.61 Å². The molecule has 0 amide bonds. The Labute approximate surface area is 149 Å². The normalized spacial score (nSPS) is 10.8. The van der Waals surface area contributed by atoms with Gasteiger partial charge in [-0.25, -0.2) is 9.78 Å². The van der Waals surface area contributed by atoms with Crippen LogP contribution in [0.1, 0.15) is 15.9 Å². The van der Waals surface area contributed by atoms with Gasteiger partial charge in [-0.05, 0) is 29.8 Å². The maximum absolute atomic E-state index is 11.0. The fraction of sp³-hybridized carbons (Fsp3) is 0.0476. The molecule has 1 aromatic heterocycles. The summed E-state index contributed by atoms with van der Waals surface area (Å²) in [5, 5.41) is 8.99. The molecule has 0 bridgehead atoms. The van der Waals surface area contributed by atoms with Crippen LogP contribution < -0.4 is 4.74 Å². The number of carbonyl (C=O) groups is 1. The van der Waals surface area contributed by atoms with Crippen LogP contribution in [0.5, 0.6) is 5.75 Å². The molecular weight excluding hydrogens is 328 g/mol. The topological polar surface area (TPSA) is 75.2 Å². The molecule has 26 heavy (non-hydrogen) atoms. The molecule has 0 saturated carbocycles. The van der Waals surface area contributed by atoms with Crippen molar-refractivity contribution in [3.05, 3.63) is 83.9 Å². The van der Waals surface area contributed by atoms with Gasteiger partial charge in [0, 0.05) is 11.6 Å². The van der Waals surface area contributed by atoms with Crippen LogP contribution in [-0.4, -0.2) is 21.0 Å². The van der Waals surface area contributed by atoms with Crippen LogP contribution in [-0.2, 0) is 6.61 Å². The smallest absolute Gasteiger partial charge is 0.335 e. The number of imidazole rings is 1. The third-order valence-electron chi connectivity index (χ3n) is 4.11. The monoisotopic (exact) mass is 344 g/mol. The zero-order valence-electron chi connectivity index (χ0n) is 13.8. The molecule has 128 valence electrons. The van der Waals surface area contributed by atoms with Gasteiger partial charge >= 0.3 is 5.97 Å². The number of nitrogens with one attached hydrogen (secondary N) is 1. The summed E-state index contributed by atoms with van der Waals surface area (Å²) in [6.45, 7) is 0.504. The van der Waals surface area contributed by atoms with E-state index in [4.69, 9.17) is 9.84 Å². The van der Waals surface area contributed by atoms with E-state index in [-0.39, 0.29) is 5.56 Å². The van der Waals surface area contributed by atoms with Crippen LogP contribution in [0.15, 0.2) is 72.8 Å². The van der Waals surface area contributed by atoms with Gasteiger partial charge in [-0.1, -0.05) is 42.5 Å². The van der Waals surface area contributed by atoms with Crippen LogP contribution >= 0.6 is 0 Å². The van der Waals surface area contributed by atoms with Crippen molar-refractivity contribution in [2.24, 2.45) is 0 Å². The fourth-order valence-corrected chi connectivity index (χ4v) is 2.73. The predicted molar refractivity (Wildman–Crippen MR) is 99.3 cm³/mol. The van der Waals surface area contributed by atoms with E-state index in [0.717, 1.165) is 27.9 Å². The molecule has 0 aliphatic carbocycles. The molecule has 0 aliphatic heterocycles. The zero-order valence-corrected chi connectivity index (χ0v) is 13.8. The number of ether oxygens (including phenoxy) is 1. The van der Waals surface area contributed by atoms with E-state index in [1.807, 2.05) is 48.5 Å². The van der Waals surface area contributed by atoms with Crippen LogP contribution in [0.25, 0.3) is 22.4 Å². The minimum absolute atomic E-state index is 0.251. The number of aromatic carboxylic acids is 1. The molecule has 0 unspecified atom stereocenters. The molecule has 0 saturated heterocycles. The van der Waals surface area contributed by atoms with Crippen molar-refractivity contribution in [2.75, 3.05) is 0 Å². The van der Waals surface area contributed by atoms with Crippen LogP contribution in [0.2, 0.25) is 0 Å². The van der Waals surface area contributed by atoms with Gasteiger partial charge in [-0.15, -0.1) is 0 Å². The second kappa shape index (κ2) is 6.72. The Bertz CT molecular complexity index is 1050. The van der Waals surface area contributed by atoms with Crippen LogP contribution in [0.4, 0.5) is 0 Å². The minimum atomic E-state index is -0.943. The Morgan fingerprint density at radius 2 is 1.77 bits per heavy atom. The highest BCUT2D eigenvalue weighted by molar-refractivity contribution is 5.88. The van der Waals surface area contributed by atoms with Gasteiger partial charge in [0.15, 0.2) is 0 Å². The van der Waals surface area contributed by atoms with Crippen LogP contribution in [0.3, 0.4) is 0 Å². The van der Waals surface area contributed by atoms with Gasteiger partial charge < -0.3 is 14.8 Å². The van der Waals surface area contributed by atoms with Gasteiger partial charge in [0.1, 0.15) is 18.2 Å². The lowest BCUT2D eigenvalue weighted by Gasteiger charge is -2.05. The largest absolute Gasteiger partial charge is 0.489 e. The summed E-state index contributed by atoms with van der Waals surface area (Å²) in [5.74, 6) is 0.510. The first-order valence-electron chi connectivity index (χ1n) is 8.19. The molecule has 0 fully saturated rings. The molecule has 5 nitrogen and oxygen atoms in total. The summed E-state index contributed by atoms with van der Waals surface area (Å²) >= 11 is 0. The standard InChI is InChI=1S/C21H16N2O3/c24-21(25)16-8-6-15(7-9-16)20-22-18-11-10-17(12-19(18)23-20)26-13-14-4-2-1-3-5-14/h1-12H,13H2,(H,22,23)(H,24,25). The molecule has 0 radical (unpaired) electrons. The number of hydrogen-bond donors (Lipinski definition) is 2. The summed E-state index contributed by atoms with van der Waals surface area (Å²) in [6.07, 6.45) is 0. The Hall–Kier alpha value is -3.60. The first-order chi connectivity index (χ1) is 12.7. The Kier molecular flexibility index (Phi) is 4.11. The predicted octanol–water partition coefficient (Wildman–Crippen LogP) is 4.51. The first-order valence-corrected chi connectivity index (χ1v) is 8.19. The number of aromatic nitrogens is 2. The summed E-state index contributed by atoms with van der Waals surface area (Å²) in [5.41, 5.74) is 3.89. The maximum atomic E-state index is 11.0. The number of nitrogens with zero attached hydrogens (tertiary/aromatic N) is 1. The van der Waals surface area contributed by atoms with E-state index >= 15 is 0 Å². The molecule has 0 spiro atoms. The van der Waals surface area contributed by atoms with E-state index < -0.39 is 5.97 Å². The van der Waals surface area contributed by atoms with E-state index in [1.54, 1.807) is 24.3 Å². The highest BCUT2D eigenvalue weighted by Gasteiger charge is 2.08. The van der Waals surface area contributed by atoms with E-state index in [9.17, 15) is 4.79 Å². The summed E-state index contributed by atoms with van der Waals surface area (Å²) in [7, 11) is 0. The summed E-state index contributed by atoms with van der Waals surface area (Å²) < 4.78 is 5.84. The number of benzene rings is 3. The van der Waals surface area contributed by atoms with Gasteiger partial charge in [0.05, 0.1) is 16.6 Å². The number of H-pyrrole nitrogens is 1. The lowest BCUT2D eigenvalue weighted by Crippen LogP contribution is -1.95. The lowest BCUT2D eigenvalue weighted by molar-refractivity contribution is 0.0697. The average Bonchev–Trinajstić information content (AvgIpc) is 3.10. The van der Waals surface area contributed by atoms with Crippen molar-refractivity contribution < 1.29 is 14.6 Å². The molecule has 3 aromatic carbocycles. The Morgan fingerprint density at radius 1 is 1.00 bits per heavy atom. The first kappa shape index (κ1) is 15.9. The molecule has 0 atom stereocenters. The lowest BCUT2D eigenvalue weighted by atomic mass is 10.1. The number of carboxylic acid groups (broad SMARTS) is 1. The Balaban J connectivity index is 1.56. The SMILES string of the molecule is O=C(O)c1ccc(-c2nc3ccc(OCc4ccccc4)cc3[nH]2)cc1. The van der Waals surface area contributed by atoms with Gasteiger partial charge in [-0.2, -0.15) is 0 Å². The fourth-order valence-electron chi connectivity index (χ4n) is 2.73. The zero-order chi connectivity index (χ0) is 17.9. The Morgan fingerprint density at radius 3 is 2.50 bits per heavy atom. The highest BCUT2D eigenvalue weighted by atomic mass is 16.5. The molecule has 0 aliphatic rings. The number of aromatic amines is 1. The van der Waals surface area contributed by atoms with E-state index in [2.05, 4.69) is 9.97 Å². The van der Waals surface area contributed by atoms with Crippen molar-refractivity contribution in [1.29, 1.82) is 0 Å². The van der Waals surface area contributed by atoms with Crippen LogP contribution in [0, 0.1) is 0 Å². The number of fused-ring (bicyclic) bond motifs is 1. The summed E-state index contributed by atoms with van der Waals surface area (Å²) in [4.78, 5) is 18.8. The number of rotatable bonds is 5.